The number of rotatable bonds is 5. The highest BCUT2D eigenvalue weighted by Gasteiger charge is 2.34. The van der Waals surface area contributed by atoms with E-state index in [0.717, 1.165) is 29.9 Å². The van der Waals surface area contributed by atoms with Crippen LogP contribution in [-0.2, 0) is 0 Å². The van der Waals surface area contributed by atoms with Crippen LogP contribution in [0.25, 0.3) is 0 Å². The van der Waals surface area contributed by atoms with E-state index in [1.54, 1.807) is 12.1 Å². The molecule has 0 spiro atoms. The molecule has 1 fully saturated rings. The van der Waals surface area contributed by atoms with E-state index in [2.05, 4.69) is 5.32 Å². The number of para-hydroxylation sites is 2. The normalized spacial score (nSPS) is 17.2. The van der Waals surface area contributed by atoms with Crippen molar-refractivity contribution in [3.63, 3.8) is 0 Å². The van der Waals surface area contributed by atoms with Crippen LogP contribution in [0, 0.1) is 16.0 Å². The maximum atomic E-state index is 11.2. The summed E-state index contributed by atoms with van der Waals surface area (Å²) in [6.07, 6.45) is 2.24. The van der Waals surface area contributed by atoms with Crippen molar-refractivity contribution in [3.8, 4) is 11.5 Å². The van der Waals surface area contributed by atoms with E-state index >= 15 is 0 Å². The third-order valence-corrected chi connectivity index (χ3v) is 4.43. The summed E-state index contributed by atoms with van der Waals surface area (Å²) in [6.45, 7) is 1.11. The van der Waals surface area contributed by atoms with E-state index in [1.165, 1.54) is 6.07 Å². The summed E-state index contributed by atoms with van der Waals surface area (Å²) < 4.78 is 11.2. The number of anilines is 1. The number of benzene rings is 2. The Morgan fingerprint density at radius 1 is 1.08 bits per heavy atom. The minimum Gasteiger partial charge on any atom is -0.486 e. The zero-order valence-electron chi connectivity index (χ0n) is 13.1. The first-order valence-corrected chi connectivity index (χ1v) is 8.12. The van der Waals surface area contributed by atoms with Gasteiger partial charge in [-0.15, -0.1) is 0 Å². The summed E-state index contributed by atoms with van der Waals surface area (Å²) in [7, 11) is 0. The average Bonchev–Trinajstić information content (AvgIpc) is 3.44. The predicted octanol–water partition coefficient (Wildman–Crippen LogP) is 3.93. The van der Waals surface area contributed by atoms with Gasteiger partial charge in [-0.25, -0.2) is 0 Å². The van der Waals surface area contributed by atoms with Crippen molar-refractivity contribution in [2.24, 2.45) is 5.92 Å². The van der Waals surface area contributed by atoms with E-state index in [1.807, 2.05) is 24.3 Å². The highest BCUT2D eigenvalue weighted by molar-refractivity contribution is 5.62. The highest BCUT2D eigenvalue weighted by Crippen LogP contribution is 2.45. The van der Waals surface area contributed by atoms with Crippen LogP contribution in [0.15, 0.2) is 42.5 Å². The lowest BCUT2D eigenvalue weighted by atomic mass is 10.0. The fourth-order valence-corrected chi connectivity index (χ4v) is 3.08. The molecule has 24 heavy (non-hydrogen) atoms. The van der Waals surface area contributed by atoms with Gasteiger partial charge in [0.25, 0.3) is 5.69 Å². The third kappa shape index (κ3) is 2.87. The number of hydrogen-bond acceptors (Lipinski definition) is 5. The smallest absolute Gasteiger partial charge is 0.292 e. The second-order valence-electron chi connectivity index (χ2n) is 6.14. The lowest BCUT2D eigenvalue weighted by Crippen LogP contribution is -2.17. The summed E-state index contributed by atoms with van der Waals surface area (Å²) in [5, 5.41) is 14.6. The van der Waals surface area contributed by atoms with Gasteiger partial charge in [0.15, 0.2) is 11.5 Å². The molecule has 2 aromatic rings. The maximum absolute atomic E-state index is 11.2. The Morgan fingerprint density at radius 2 is 1.83 bits per heavy atom. The summed E-state index contributed by atoms with van der Waals surface area (Å²) in [4.78, 5) is 10.9. The molecule has 2 aliphatic rings. The van der Waals surface area contributed by atoms with Crippen LogP contribution in [0.5, 0.6) is 11.5 Å². The number of hydrogen-bond donors (Lipinski definition) is 1. The van der Waals surface area contributed by atoms with Crippen molar-refractivity contribution in [1.82, 2.24) is 0 Å². The first kappa shape index (κ1) is 14.8. The molecule has 2 aromatic carbocycles. The van der Waals surface area contributed by atoms with Gasteiger partial charge in [0.1, 0.15) is 18.9 Å². The van der Waals surface area contributed by atoms with Gasteiger partial charge in [-0.1, -0.05) is 18.2 Å². The third-order valence-electron chi connectivity index (χ3n) is 4.43. The molecule has 0 saturated heterocycles. The Bertz CT molecular complexity index is 773. The Morgan fingerprint density at radius 3 is 2.58 bits per heavy atom. The number of nitro groups is 1. The monoisotopic (exact) mass is 326 g/mol. The van der Waals surface area contributed by atoms with Gasteiger partial charge in [-0.3, -0.25) is 10.1 Å². The quantitative estimate of drug-likeness (QED) is 0.665. The minimum absolute atomic E-state index is 0.0296. The molecular weight excluding hydrogens is 308 g/mol. The van der Waals surface area contributed by atoms with E-state index in [9.17, 15) is 10.1 Å². The summed E-state index contributed by atoms with van der Waals surface area (Å²) >= 11 is 0. The van der Waals surface area contributed by atoms with Gasteiger partial charge in [0.05, 0.1) is 11.0 Å². The van der Waals surface area contributed by atoms with Crippen molar-refractivity contribution < 1.29 is 14.4 Å². The molecule has 124 valence electrons. The van der Waals surface area contributed by atoms with E-state index < -0.39 is 0 Å². The van der Waals surface area contributed by atoms with Gasteiger partial charge < -0.3 is 14.8 Å². The van der Waals surface area contributed by atoms with Gasteiger partial charge in [-0.2, -0.15) is 0 Å². The first-order valence-electron chi connectivity index (χ1n) is 8.12. The van der Waals surface area contributed by atoms with E-state index in [4.69, 9.17) is 9.47 Å². The van der Waals surface area contributed by atoms with Crippen LogP contribution in [-0.4, -0.2) is 18.1 Å². The second-order valence-corrected chi connectivity index (χ2v) is 6.14. The SMILES string of the molecule is O=[N+]([O-])c1ccccc1NC(c1ccc2c(c1)OCCO2)C1CC1. The van der Waals surface area contributed by atoms with Gasteiger partial charge in [0.2, 0.25) is 0 Å². The van der Waals surface area contributed by atoms with E-state index in [0.29, 0.717) is 24.8 Å². The molecule has 0 aromatic heterocycles. The van der Waals surface area contributed by atoms with E-state index in [-0.39, 0.29) is 16.7 Å². The van der Waals surface area contributed by atoms with Crippen LogP contribution >= 0.6 is 0 Å². The lowest BCUT2D eigenvalue weighted by Gasteiger charge is -2.23. The van der Waals surface area contributed by atoms with Crippen LogP contribution in [0.2, 0.25) is 0 Å². The Hall–Kier alpha value is -2.76. The Kier molecular flexibility index (Phi) is 3.72. The second kappa shape index (κ2) is 6.03. The Balaban J connectivity index is 1.65. The topological polar surface area (TPSA) is 73.6 Å². The van der Waals surface area contributed by atoms with Crippen molar-refractivity contribution >= 4 is 11.4 Å². The fraction of sp³-hybridized carbons (Fsp3) is 0.333. The van der Waals surface area contributed by atoms with Gasteiger partial charge >= 0.3 is 0 Å². The van der Waals surface area contributed by atoms with Crippen molar-refractivity contribution in [1.29, 1.82) is 0 Å². The molecule has 1 saturated carbocycles. The number of nitro benzene ring substituents is 1. The number of nitrogens with zero attached hydrogens (tertiary/aromatic N) is 1. The van der Waals surface area contributed by atoms with Gasteiger partial charge in [0, 0.05) is 6.07 Å². The molecule has 1 N–H and O–H groups in total. The number of nitrogens with one attached hydrogen (secondary N) is 1. The zero-order chi connectivity index (χ0) is 16.5. The predicted molar refractivity (Wildman–Crippen MR) is 89.6 cm³/mol. The molecule has 1 atom stereocenters. The van der Waals surface area contributed by atoms with Crippen LogP contribution < -0.4 is 14.8 Å². The molecule has 1 aliphatic heterocycles. The molecule has 0 bridgehead atoms. The summed E-state index contributed by atoms with van der Waals surface area (Å²) in [5.74, 6) is 1.98. The molecule has 1 heterocycles. The molecule has 1 unspecified atom stereocenters. The van der Waals surface area contributed by atoms with Crippen LogP contribution in [0.4, 0.5) is 11.4 Å². The van der Waals surface area contributed by atoms with Crippen LogP contribution in [0.1, 0.15) is 24.4 Å². The van der Waals surface area contributed by atoms with Crippen molar-refractivity contribution in [2.45, 2.75) is 18.9 Å². The Labute approximate surface area is 139 Å². The van der Waals surface area contributed by atoms with Crippen molar-refractivity contribution in [2.75, 3.05) is 18.5 Å². The minimum atomic E-state index is -0.351. The summed E-state index contributed by atoms with van der Waals surface area (Å²) in [5.41, 5.74) is 1.72. The van der Waals surface area contributed by atoms with Crippen molar-refractivity contribution in [3.05, 3.63) is 58.1 Å². The van der Waals surface area contributed by atoms with Gasteiger partial charge in [-0.05, 0) is 42.5 Å². The molecule has 0 radical (unpaired) electrons. The molecule has 6 nitrogen and oxygen atoms in total. The first-order chi connectivity index (χ1) is 11.7. The highest BCUT2D eigenvalue weighted by atomic mass is 16.6. The van der Waals surface area contributed by atoms with Crippen LogP contribution in [0.3, 0.4) is 0 Å². The number of fused-ring (bicyclic) bond motifs is 1. The lowest BCUT2D eigenvalue weighted by molar-refractivity contribution is -0.384. The standard InChI is InChI=1S/C18H18N2O4/c21-20(22)15-4-2-1-3-14(15)19-18(12-5-6-12)13-7-8-16-17(11-13)24-10-9-23-16/h1-4,7-8,11-12,18-19H,5-6,9-10H2. The molecule has 6 heteroatoms. The summed E-state index contributed by atoms with van der Waals surface area (Å²) in [6, 6.07) is 12.7. The fourth-order valence-electron chi connectivity index (χ4n) is 3.08. The largest absolute Gasteiger partial charge is 0.486 e. The maximum Gasteiger partial charge on any atom is 0.292 e. The zero-order valence-corrected chi connectivity index (χ0v) is 13.1. The molecular formula is C18H18N2O4. The average molecular weight is 326 g/mol. The molecule has 0 amide bonds. The molecule has 4 rings (SSSR count). The molecule has 1 aliphatic carbocycles. The number of ether oxygens (including phenoxy) is 2.